The number of nitrogens with zero attached hydrogens (tertiary/aromatic N) is 1. The van der Waals surface area contributed by atoms with Crippen LogP contribution in [0.15, 0.2) is 42.5 Å². The summed E-state index contributed by atoms with van der Waals surface area (Å²) in [5.41, 5.74) is 10.9. The maximum atomic E-state index is 2.63. The van der Waals surface area contributed by atoms with Crippen molar-refractivity contribution in [1.82, 2.24) is 4.40 Å². The molecule has 3 aromatic carbocycles. The fourth-order valence-electron chi connectivity index (χ4n) is 7.05. The third-order valence-corrected chi connectivity index (χ3v) is 8.55. The predicted octanol–water partition coefficient (Wildman–Crippen LogP) is 8.54. The fraction of sp³-hybridized carbons (Fsp3) is 0.419. The van der Waals surface area contributed by atoms with Crippen LogP contribution in [-0.4, -0.2) is 4.40 Å². The third-order valence-electron chi connectivity index (χ3n) is 8.55. The maximum Gasteiger partial charge on any atom is 0.0620 e. The zero-order chi connectivity index (χ0) is 21.1. The van der Waals surface area contributed by atoms with E-state index < -0.39 is 0 Å². The molecule has 0 fully saturated rings. The third kappa shape index (κ3) is 2.70. The summed E-state index contributed by atoms with van der Waals surface area (Å²) in [6.07, 6.45) is 17.3. The van der Waals surface area contributed by atoms with E-state index in [0.717, 1.165) is 0 Å². The molecule has 0 saturated heterocycles. The van der Waals surface area contributed by atoms with Crippen molar-refractivity contribution in [1.29, 1.82) is 0 Å². The molecule has 0 bridgehead atoms. The first-order valence-electron chi connectivity index (χ1n) is 13.2. The molecule has 0 radical (unpaired) electrons. The molecular weight excluding hydrogens is 386 g/mol. The average Bonchev–Trinajstić information content (AvgIpc) is 3.34. The van der Waals surface area contributed by atoms with E-state index in [4.69, 9.17) is 0 Å². The van der Waals surface area contributed by atoms with E-state index in [1.54, 1.807) is 33.0 Å². The topological polar surface area (TPSA) is 4.41 Å². The van der Waals surface area contributed by atoms with Gasteiger partial charge in [0.05, 0.1) is 16.6 Å². The van der Waals surface area contributed by atoms with E-state index in [2.05, 4.69) is 46.9 Å². The summed E-state index contributed by atoms with van der Waals surface area (Å²) >= 11 is 0. The van der Waals surface area contributed by atoms with Crippen LogP contribution in [0.4, 0.5) is 0 Å². The Morgan fingerprint density at radius 3 is 1.47 bits per heavy atom. The van der Waals surface area contributed by atoms with Gasteiger partial charge in [-0.25, -0.2) is 0 Å². The van der Waals surface area contributed by atoms with Gasteiger partial charge >= 0.3 is 0 Å². The summed E-state index contributed by atoms with van der Waals surface area (Å²) in [4.78, 5) is 0. The van der Waals surface area contributed by atoms with Gasteiger partial charge in [-0.3, -0.25) is 0 Å². The highest BCUT2D eigenvalue weighted by molar-refractivity contribution is 6.24. The standard InChI is InChI=1S/C31H33N/c1-2-6-11-21-17-19-27-29(23(21)13-8-3-1)25-15-10-16-26-30-24-14-9-5-4-7-12-22(24)18-20-28(30)32(27)31(25)26/h10,15-20H,1-9,11-14H2. The molecule has 1 nitrogen and oxygen atoms in total. The highest BCUT2D eigenvalue weighted by Crippen LogP contribution is 2.43. The number of benzene rings is 3. The SMILES string of the molecule is c1cc2c3c4c(ccc3n3c5ccc6c(c5c(c1)c23)CCCCCC6)CCCCCCC4. The molecule has 2 aliphatic rings. The van der Waals surface area contributed by atoms with Gasteiger partial charge in [0.1, 0.15) is 0 Å². The van der Waals surface area contributed by atoms with Crippen molar-refractivity contribution in [3.8, 4) is 0 Å². The number of fused-ring (bicyclic) bond motifs is 10. The van der Waals surface area contributed by atoms with Crippen molar-refractivity contribution < 1.29 is 0 Å². The lowest BCUT2D eigenvalue weighted by atomic mass is 9.89. The number of aryl methyl sites for hydroxylation is 4. The van der Waals surface area contributed by atoms with Gasteiger partial charge in [-0.15, -0.1) is 0 Å². The Morgan fingerprint density at radius 2 is 0.938 bits per heavy atom. The largest absolute Gasteiger partial charge is 0.308 e. The number of rotatable bonds is 0. The van der Waals surface area contributed by atoms with Crippen molar-refractivity contribution in [3.05, 3.63) is 64.7 Å². The van der Waals surface area contributed by atoms with Gasteiger partial charge in [0, 0.05) is 21.5 Å². The van der Waals surface area contributed by atoms with E-state index >= 15 is 0 Å². The van der Waals surface area contributed by atoms with Crippen molar-refractivity contribution >= 4 is 38.1 Å². The molecule has 162 valence electrons. The minimum atomic E-state index is 1.24. The lowest BCUT2D eigenvalue weighted by Crippen LogP contribution is -2.00. The highest BCUT2D eigenvalue weighted by atomic mass is 14.9. The van der Waals surface area contributed by atoms with Crippen LogP contribution in [0.5, 0.6) is 0 Å². The monoisotopic (exact) mass is 419 g/mol. The van der Waals surface area contributed by atoms with Crippen LogP contribution in [0.1, 0.15) is 80.0 Å². The average molecular weight is 420 g/mol. The first-order chi connectivity index (χ1) is 15.9. The molecular formula is C31H33N. The normalized spacial score (nSPS) is 18.2. The van der Waals surface area contributed by atoms with Crippen LogP contribution in [-0.2, 0) is 25.7 Å². The van der Waals surface area contributed by atoms with Crippen LogP contribution in [0.2, 0.25) is 0 Å². The van der Waals surface area contributed by atoms with Gasteiger partial charge in [0.15, 0.2) is 0 Å². The van der Waals surface area contributed by atoms with Crippen LogP contribution in [0, 0.1) is 0 Å². The molecule has 1 heteroatoms. The summed E-state index contributed by atoms with van der Waals surface area (Å²) in [6.45, 7) is 0. The van der Waals surface area contributed by atoms with Crippen molar-refractivity contribution in [2.75, 3.05) is 0 Å². The molecule has 0 saturated carbocycles. The maximum absolute atomic E-state index is 2.63. The molecule has 32 heavy (non-hydrogen) atoms. The predicted molar refractivity (Wildman–Crippen MR) is 137 cm³/mol. The Balaban J connectivity index is 1.59. The minimum Gasteiger partial charge on any atom is -0.308 e. The Hall–Kier alpha value is -2.54. The van der Waals surface area contributed by atoms with Gasteiger partial charge < -0.3 is 4.40 Å². The second kappa shape index (κ2) is 7.51. The van der Waals surface area contributed by atoms with Gasteiger partial charge in [0.2, 0.25) is 0 Å². The summed E-state index contributed by atoms with van der Waals surface area (Å²) in [5.74, 6) is 0. The number of hydrogen-bond acceptors (Lipinski definition) is 0. The van der Waals surface area contributed by atoms with Crippen LogP contribution in [0.25, 0.3) is 38.1 Å². The molecule has 2 aliphatic carbocycles. The van der Waals surface area contributed by atoms with Crippen LogP contribution in [0.3, 0.4) is 0 Å². The number of hydrogen-bond donors (Lipinski definition) is 0. The summed E-state index contributed by atoms with van der Waals surface area (Å²) in [7, 11) is 0. The van der Waals surface area contributed by atoms with Crippen LogP contribution < -0.4 is 0 Å². The Morgan fingerprint density at radius 1 is 0.469 bits per heavy atom. The van der Waals surface area contributed by atoms with E-state index in [-0.39, 0.29) is 0 Å². The van der Waals surface area contributed by atoms with E-state index in [9.17, 15) is 0 Å². The van der Waals surface area contributed by atoms with Gasteiger partial charge in [-0.05, 0) is 85.8 Å². The van der Waals surface area contributed by atoms with Gasteiger partial charge in [-0.2, -0.15) is 0 Å². The molecule has 0 N–H and O–H groups in total. The lowest BCUT2D eigenvalue weighted by molar-refractivity contribution is 0.619. The van der Waals surface area contributed by atoms with Crippen LogP contribution >= 0.6 is 0 Å². The van der Waals surface area contributed by atoms with Gasteiger partial charge in [-0.1, -0.05) is 62.4 Å². The molecule has 0 spiro atoms. The molecule has 2 heterocycles. The molecule has 0 amide bonds. The van der Waals surface area contributed by atoms with Gasteiger partial charge in [0.25, 0.3) is 0 Å². The van der Waals surface area contributed by atoms with E-state index in [0.29, 0.717) is 0 Å². The first-order valence-corrected chi connectivity index (χ1v) is 13.2. The minimum absolute atomic E-state index is 1.24. The van der Waals surface area contributed by atoms with Crippen molar-refractivity contribution in [2.45, 2.75) is 83.5 Å². The molecule has 0 aliphatic heterocycles. The molecule has 0 atom stereocenters. The Bertz CT molecular complexity index is 1450. The smallest absolute Gasteiger partial charge is 0.0620 e. The zero-order valence-electron chi connectivity index (χ0n) is 19.2. The first kappa shape index (κ1) is 19.0. The second-order valence-corrected chi connectivity index (χ2v) is 10.4. The Labute approximate surface area is 190 Å². The second-order valence-electron chi connectivity index (χ2n) is 10.4. The molecule has 7 rings (SSSR count). The fourth-order valence-corrected chi connectivity index (χ4v) is 7.05. The Kier molecular flexibility index (Phi) is 4.45. The summed E-state index contributed by atoms with van der Waals surface area (Å²) in [6, 6.07) is 16.9. The molecule has 5 aromatic rings. The summed E-state index contributed by atoms with van der Waals surface area (Å²) < 4.78 is 2.63. The number of aromatic nitrogens is 1. The number of para-hydroxylation sites is 1. The van der Waals surface area contributed by atoms with Crippen molar-refractivity contribution in [2.24, 2.45) is 0 Å². The van der Waals surface area contributed by atoms with E-state index in [1.165, 1.54) is 111 Å². The van der Waals surface area contributed by atoms with Crippen molar-refractivity contribution in [3.63, 3.8) is 0 Å². The van der Waals surface area contributed by atoms with E-state index in [1.807, 2.05) is 0 Å². The lowest BCUT2D eigenvalue weighted by Gasteiger charge is -2.16. The molecule has 2 aromatic heterocycles. The zero-order valence-corrected chi connectivity index (χ0v) is 19.2. The molecule has 0 unspecified atom stereocenters. The highest BCUT2D eigenvalue weighted by Gasteiger charge is 2.23. The quantitative estimate of drug-likeness (QED) is 0.237. The summed E-state index contributed by atoms with van der Waals surface area (Å²) in [5, 5.41) is 6.08.